The molecule has 12 heteroatoms. The topological polar surface area (TPSA) is 126 Å². The van der Waals surface area contributed by atoms with Gasteiger partial charge in [-0.3, -0.25) is 9.59 Å². The Hall–Kier alpha value is -5.13. The number of aromatic carboxylic acids is 1. The fourth-order valence-corrected chi connectivity index (χ4v) is 5.23. The molecule has 0 saturated carbocycles. The van der Waals surface area contributed by atoms with Crippen LogP contribution in [0.4, 0.5) is 18.9 Å². The Balaban J connectivity index is 0.000000300. The number of hydrogen-bond acceptors (Lipinski definition) is 4. The van der Waals surface area contributed by atoms with Crippen molar-refractivity contribution in [1.82, 2.24) is 9.88 Å². The van der Waals surface area contributed by atoms with Crippen molar-refractivity contribution in [2.45, 2.75) is 32.1 Å². The molecule has 8 nitrogen and oxygen atoms in total. The van der Waals surface area contributed by atoms with Crippen molar-refractivity contribution in [3.63, 3.8) is 0 Å². The summed E-state index contributed by atoms with van der Waals surface area (Å²) in [4.78, 5) is 36.0. The van der Waals surface area contributed by atoms with Crippen LogP contribution in [0.25, 0.3) is 22.0 Å². The second-order valence-electron chi connectivity index (χ2n) is 10.9. The van der Waals surface area contributed by atoms with Gasteiger partial charge >= 0.3 is 12.1 Å². The molecular formula is C35H32ClF3N4O4. The summed E-state index contributed by atoms with van der Waals surface area (Å²) in [6.07, 6.45) is -4.45. The number of alkyl halides is 3. The maximum Gasteiger partial charge on any atom is 0.416 e. The first kappa shape index (κ1) is 34.7. The highest BCUT2D eigenvalue weighted by Gasteiger charge is 2.30. The number of carbonyl (C=O) groups is 3. The lowest BCUT2D eigenvalue weighted by atomic mass is 9.98. The highest BCUT2D eigenvalue weighted by Crippen LogP contribution is 2.34. The van der Waals surface area contributed by atoms with Crippen LogP contribution in [0.1, 0.15) is 51.9 Å². The normalized spacial score (nSPS) is 11.9. The van der Waals surface area contributed by atoms with Crippen molar-refractivity contribution in [2.75, 3.05) is 5.32 Å². The van der Waals surface area contributed by atoms with Gasteiger partial charge in [0, 0.05) is 29.7 Å². The minimum atomic E-state index is -4.45. The van der Waals surface area contributed by atoms with Crippen LogP contribution in [-0.4, -0.2) is 33.5 Å². The minimum Gasteiger partial charge on any atom is -0.477 e. The SMILES string of the molecule is CC(C)NC(=O)C(N)c1ccccc1.Cn1c(C(=O)O)c(Cl)c2cc(NC(=O)c3ccccc3-c3ccc(C(F)(F)F)cc3)ccc21. The molecule has 0 aliphatic heterocycles. The zero-order valence-electron chi connectivity index (χ0n) is 25.6. The van der Waals surface area contributed by atoms with E-state index in [1.807, 2.05) is 44.2 Å². The van der Waals surface area contributed by atoms with Crippen molar-refractivity contribution >= 4 is 46.0 Å². The summed E-state index contributed by atoms with van der Waals surface area (Å²) in [6, 6.07) is 24.9. The number of nitrogens with two attached hydrogens (primary N) is 1. The fourth-order valence-electron chi connectivity index (χ4n) is 4.87. The minimum absolute atomic E-state index is 0.0567. The molecule has 0 aliphatic carbocycles. The van der Waals surface area contributed by atoms with E-state index < -0.39 is 29.7 Å². The number of halogens is 4. The van der Waals surface area contributed by atoms with Gasteiger partial charge in [-0.05, 0) is 66.9 Å². The molecule has 5 N–H and O–H groups in total. The molecule has 5 rings (SSSR count). The zero-order chi connectivity index (χ0) is 34.5. The molecule has 0 saturated heterocycles. The van der Waals surface area contributed by atoms with E-state index in [0.717, 1.165) is 17.7 Å². The van der Waals surface area contributed by atoms with E-state index in [1.165, 1.54) is 16.7 Å². The Labute approximate surface area is 274 Å². The number of aryl methyl sites for hydroxylation is 1. The molecule has 0 bridgehead atoms. The molecule has 5 aromatic rings. The first-order chi connectivity index (χ1) is 22.2. The van der Waals surface area contributed by atoms with E-state index in [4.69, 9.17) is 17.3 Å². The second kappa shape index (κ2) is 14.5. The lowest BCUT2D eigenvalue weighted by Gasteiger charge is -2.14. The Morgan fingerprint density at radius 1 is 0.894 bits per heavy atom. The van der Waals surface area contributed by atoms with E-state index >= 15 is 0 Å². The van der Waals surface area contributed by atoms with Crippen LogP contribution in [0.3, 0.4) is 0 Å². The number of rotatable bonds is 7. The standard InChI is InChI=1S/C24H16ClF3N2O3.C11H16N2O/c1-30-19-11-10-15(12-18(19)20(25)21(30)23(32)33)29-22(31)17-5-3-2-4-16(17)13-6-8-14(9-7-13)24(26,27)28;1-8(2)13-11(14)10(12)9-6-4-3-5-7-9/h2-12H,1H3,(H,29,31)(H,32,33);3-8,10H,12H2,1-2H3,(H,13,14). The van der Waals surface area contributed by atoms with Gasteiger partial charge in [0.25, 0.3) is 5.91 Å². The molecule has 1 atom stereocenters. The Morgan fingerprint density at radius 3 is 2.11 bits per heavy atom. The maximum absolute atomic E-state index is 13.0. The summed E-state index contributed by atoms with van der Waals surface area (Å²) >= 11 is 6.24. The van der Waals surface area contributed by atoms with E-state index in [-0.39, 0.29) is 28.2 Å². The largest absolute Gasteiger partial charge is 0.477 e. The number of carboxylic acid groups (broad SMARTS) is 1. The lowest BCUT2D eigenvalue weighted by molar-refractivity contribution is -0.137. The van der Waals surface area contributed by atoms with Crippen molar-refractivity contribution < 1.29 is 32.7 Å². The van der Waals surface area contributed by atoms with Gasteiger partial charge in [-0.1, -0.05) is 72.3 Å². The Kier molecular flexibility index (Phi) is 10.7. The van der Waals surface area contributed by atoms with E-state index in [0.29, 0.717) is 27.7 Å². The number of hydrogen-bond donors (Lipinski definition) is 4. The van der Waals surface area contributed by atoms with Crippen LogP contribution in [0.15, 0.2) is 97.1 Å². The van der Waals surface area contributed by atoms with Gasteiger partial charge in [0.15, 0.2) is 0 Å². The number of fused-ring (bicyclic) bond motifs is 1. The van der Waals surface area contributed by atoms with Crippen molar-refractivity contribution in [3.8, 4) is 11.1 Å². The van der Waals surface area contributed by atoms with Crippen molar-refractivity contribution in [2.24, 2.45) is 12.8 Å². The van der Waals surface area contributed by atoms with Crippen LogP contribution >= 0.6 is 11.6 Å². The summed E-state index contributed by atoms with van der Waals surface area (Å²) in [6.45, 7) is 3.82. The maximum atomic E-state index is 13.0. The van der Waals surface area contributed by atoms with Crippen LogP contribution < -0.4 is 16.4 Å². The highest BCUT2D eigenvalue weighted by molar-refractivity contribution is 6.38. The van der Waals surface area contributed by atoms with Crippen LogP contribution in [0.2, 0.25) is 5.02 Å². The third-order valence-electron chi connectivity index (χ3n) is 7.17. The molecule has 0 spiro atoms. The van der Waals surface area contributed by atoms with Gasteiger partial charge in [-0.15, -0.1) is 0 Å². The number of benzene rings is 4. The molecular weight excluding hydrogens is 633 g/mol. The smallest absolute Gasteiger partial charge is 0.416 e. The number of nitrogens with zero attached hydrogens (tertiary/aromatic N) is 1. The molecule has 1 heterocycles. The number of amides is 2. The summed E-state index contributed by atoms with van der Waals surface area (Å²) < 4.78 is 40.1. The van der Waals surface area contributed by atoms with Crippen LogP contribution in [0, 0.1) is 0 Å². The summed E-state index contributed by atoms with van der Waals surface area (Å²) in [5.41, 5.74) is 7.94. The summed E-state index contributed by atoms with van der Waals surface area (Å²) in [5, 5.41) is 15.4. The molecule has 1 unspecified atom stereocenters. The molecule has 0 fully saturated rings. The summed E-state index contributed by atoms with van der Waals surface area (Å²) in [5.74, 6) is -1.78. The van der Waals surface area contributed by atoms with Gasteiger partial charge < -0.3 is 26.0 Å². The quantitative estimate of drug-likeness (QED) is 0.142. The van der Waals surface area contributed by atoms with Crippen molar-refractivity contribution in [3.05, 3.63) is 124 Å². The van der Waals surface area contributed by atoms with E-state index in [1.54, 1.807) is 49.5 Å². The highest BCUT2D eigenvalue weighted by atomic mass is 35.5. The van der Waals surface area contributed by atoms with Crippen LogP contribution in [-0.2, 0) is 18.0 Å². The summed E-state index contributed by atoms with van der Waals surface area (Å²) in [7, 11) is 1.58. The molecule has 244 valence electrons. The van der Waals surface area contributed by atoms with Crippen molar-refractivity contribution in [1.29, 1.82) is 0 Å². The van der Waals surface area contributed by atoms with Gasteiger partial charge in [-0.25, -0.2) is 4.79 Å². The van der Waals surface area contributed by atoms with Gasteiger partial charge in [0.2, 0.25) is 5.91 Å². The third kappa shape index (κ3) is 8.18. The Bertz CT molecular complexity index is 1910. The molecule has 2 amide bonds. The zero-order valence-corrected chi connectivity index (χ0v) is 26.4. The molecule has 0 aliphatic rings. The molecule has 1 aromatic heterocycles. The molecule has 4 aromatic carbocycles. The monoisotopic (exact) mass is 664 g/mol. The number of nitrogens with one attached hydrogen (secondary N) is 2. The van der Waals surface area contributed by atoms with Crippen LogP contribution in [0.5, 0.6) is 0 Å². The predicted octanol–water partition coefficient (Wildman–Crippen LogP) is 7.68. The number of carbonyl (C=O) groups excluding carboxylic acids is 2. The number of carboxylic acids is 1. The third-order valence-corrected chi connectivity index (χ3v) is 7.55. The first-order valence-electron chi connectivity index (χ1n) is 14.4. The van der Waals surface area contributed by atoms with Gasteiger partial charge in [0.1, 0.15) is 11.7 Å². The average Bonchev–Trinajstić information content (AvgIpc) is 3.29. The second-order valence-corrected chi connectivity index (χ2v) is 11.3. The Morgan fingerprint density at radius 2 is 1.51 bits per heavy atom. The molecule has 47 heavy (non-hydrogen) atoms. The average molecular weight is 665 g/mol. The number of anilines is 1. The molecule has 0 radical (unpaired) electrons. The van der Waals surface area contributed by atoms with E-state index in [9.17, 15) is 32.7 Å². The first-order valence-corrected chi connectivity index (χ1v) is 14.8. The van der Waals surface area contributed by atoms with E-state index in [2.05, 4.69) is 10.6 Å². The fraction of sp³-hybridized carbons (Fsp3) is 0.171. The predicted molar refractivity (Wildman–Crippen MR) is 176 cm³/mol. The van der Waals surface area contributed by atoms with Gasteiger partial charge in [0.05, 0.1) is 16.1 Å². The number of aromatic nitrogens is 1. The van der Waals surface area contributed by atoms with Gasteiger partial charge in [-0.2, -0.15) is 13.2 Å². The lowest BCUT2D eigenvalue weighted by Crippen LogP contribution is -2.38.